The topological polar surface area (TPSA) is 59.1 Å². The van der Waals surface area contributed by atoms with Crippen molar-refractivity contribution in [3.63, 3.8) is 0 Å². The van der Waals surface area contributed by atoms with Crippen LogP contribution >= 0.6 is 0 Å². The van der Waals surface area contributed by atoms with E-state index in [-0.39, 0.29) is 31.0 Å². The number of piperazine rings is 1. The highest BCUT2D eigenvalue weighted by atomic mass is 19.1. The Labute approximate surface area is 142 Å². The van der Waals surface area contributed by atoms with E-state index in [1.54, 1.807) is 13.1 Å². The summed E-state index contributed by atoms with van der Waals surface area (Å²) in [6, 6.07) is 4.12. The zero-order valence-corrected chi connectivity index (χ0v) is 14.6. The van der Waals surface area contributed by atoms with Crippen molar-refractivity contribution in [1.29, 1.82) is 0 Å². The Morgan fingerprint density at radius 2 is 2.04 bits per heavy atom. The van der Waals surface area contributed by atoms with Crippen LogP contribution in [0.15, 0.2) is 18.2 Å². The van der Waals surface area contributed by atoms with Gasteiger partial charge >= 0.3 is 6.03 Å². The second kappa shape index (κ2) is 8.30. The summed E-state index contributed by atoms with van der Waals surface area (Å²) >= 11 is 0. The van der Waals surface area contributed by atoms with Crippen LogP contribution in [0, 0.1) is 5.82 Å². The van der Waals surface area contributed by atoms with E-state index >= 15 is 0 Å². The molecule has 0 aliphatic carbocycles. The van der Waals surface area contributed by atoms with E-state index in [0.29, 0.717) is 0 Å². The number of rotatable bonds is 5. The Morgan fingerprint density at radius 1 is 1.38 bits per heavy atom. The lowest BCUT2D eigenvalue weighted by atomic mass is 10.0. The highest BCUT2D eigenvalue weighted by molar-refractivity contribution is 5.75. The first-order valence-corrected chi connectivity index (χ1v) is 8.27. The SMILES string of the molecule is CC(NC(=O)N(C)CCO)c1cc(F)ccc1N1CCN(C)CC1. The molecule has 1 aliphatic heterocycles. The number of nitrogens with one attached hydrogen (secondary N) is 1. The molecule has 1 unspecified atom stereocenters. The summed E-state index contributed by atoms with van der Waals surface area (Å²) in [5, 5.41) is 11.8. The molecule has 1 fully saturated rings. The maximum Gasteiger partial charge on any atom is 0.317 e. The highest BCUT2D eigenvalue weighted by Gasteiger charge is 2.21. The van der Waals surface area contributed by atoms with Gasteiger partial charge in [0.2, 0.25) is 0 Å². The zero-order chi connectivity index (χ0) is 17.7. The molecule has 1 heterocycles. The molecule has 0 aromatic heterocycles. The molecule has 134 valence electrons. The molecule has 6 nitrogen and oxygen atoms in total. The fourth-order valence-corrected chi connectivity index (χ4v) is 2.83. The molecule has 0 bridgehead atoms. The largest absolute Gasteiger partial charge is 0.395 e. The Hall–Kier alpha value is -1.86. The molecule has 2 rings (SSSR count). The summed E-state index contributed by atoms with van der Waals surface area (Å²) in [7, 11) is 3.70. The fourth-order valence-electron chi connectivity index (χ4n) is 2.83. The number of amides is 2. The van der Waals surface area contributed by atoms with Crippen LogP contribution in [0.3, 0.4) is 0 Å². The van der Waals surface area contributed by atoms with Crippen LogP contribution in [0.4, 0.5) is 14.9 Å². The van der Waals surface area contributed by atoms with Gasteiger partial charge in [-0.05, 0) is 32.2 Å². The van der Waals surface area contributed by atoms with E-state index < -0.39 is 0 Å². The van der Waals surface area contributed by atoms with Crippen LogP contribution in [-0.4, -0.2) is 74.4 Å². The molecule has 24 heavy (non-hydrogen) atoms. The second-order valence-corrected chi connectivity index (χ2v) is 6.31. The Kier molecular flexibility index (Phi) is 6.39. The second-order valence-electron chi connectivity index (χ2n) is 6.31. The molecule has 0 radical (unpaired) electrons. The minimum absolute atomic E-state index is 0.0924. The molecule has 7 heteroatoms. The molecule has 1 aromatic rings. The van der Waals surface area contributed by atoms with Crippen molar-refractivity contribution >= 4 is 11.7 Å². The maximum absolute atomic E-state index is 13.8. The number of likely N-dealkylation sites (N-methyl/N-ethyl adjacent to an activating group) is 2. The van der Waals surface area contributed by atoms with Crippen LogP contribution in [-0.2, 0) is 0 Å². The fraction of sp³-hybridized carbons (Fsp3) is 0.588. The number of nitrogens with zero attached hydrogens (tertiary/aromatic N) is 3. The first-order valence-electron chi connectivity index (χ1n) is 8.27. The summed E-state index contributed by atoms with van der Waals surface area (Å²) in [6.07, 6.45) is 0. The smallest absolute Gasteiger partial charge is 0.317 e. The molecule has 2 amide bonds. The number of hydrogen-bond donors (Lipinski definition) is 2. The minimum atomic E-state index is -0.330. The van der Waals surface area contributed by atoms with Gasteiger partial charge in [0.05, 0.1) is 12.6 Å². The Morgan fingerprint density at radius 3 is 2.67 bits per heavy atom. The first kappa shape index (κ1) is 18.5. The molecule has 1 atom stereocenters. The number of hydrogen-bond acceptors (Lipinski definition) is 4. The molecule has 1 aliphatic rings. The zero-order valence-electron chi connectivity index (χ0n) is 14.6. The normalized spacial score (nSPS) is 16.8. The Bertz CT molecular complexity index is 562. The van der Waals surface area contributed by atoms with Crippen LogP contribution < -0.4 is 10.2 Å². The van der Waals surface area contributed by atoms with Crippen molar-refractivity contribution in [1.82, 2.24) is 15.1 Å². The monoisotopic (exact) mass is 338 g/mol. The number of aliphatic hydroxyl groups excluding tert-OH is 1. The summed E-state index contributed by atoms with van der Waals surface area (Å²) in [5.41, 5.74) is 1.73. The van der Waals surface area contributed by atoms with Gasteiger partial charge < -0.3 is 25.1 Å². The summed E-state index contributed by atoms with van der Waals surface area (Å²) < 4.78 is 13.8. The van der Waals surface area contributed by atoms with Crippen molar-refractivity contribution in [3.8, 4) is 0 Å². The van der Waals surface area contributed by atoms with Crippen molar-refractivity contribution in [2.24, 2.45) is 0 Å². The van der Waals surface area contributed by atoms with Gasteiger partial charge in [0, 0.05) is 51.0 Å². The molecule has 1 saturated heterocycles. The van der Waals surface area contributed by atoms with Crippen molar-refractivity contribution in [3.05, 3.63) is 29.6 Å². The summed E-state index contributed by atoms with van der Waals surface area (Å²) in [5.74, 6) is -0.312. The number of carbonyl (C=O) groups excluding carboxylic acids is 1. The van der Waals surface area contributed by atoms with E-state index in [9.17, 15) is 9.18 Å². The third-order valence-electron chi connectivity index (χ3n) is 4.42. The van der Waals surface area contributed by atoms with Gasteiger partial charge in [-0.15, -0.1) is 0 Å². The number of aliphatic hydroxyl groups is 1. The van der Waals surface area contributed by atoms with Gasteiger partial charge in [-0.1, -0.05) is 0 Å². The van der Waals surface area contributed by atoms with E-state index in [1.165, 1.54) is 17.0 Å². The number of urea groups is 1. The van der Waals surface area contributed by atoms with Gasteiger partial charge in [-0.25, -0.2) is 9.18 Å². The number of anilines is 1. The van der Waals surface area contributed by atoms with Crippen LogP contribution in [0.25, 0.3) is 0 Å². The Balaban J connectivity index is 2.15. The lowest BCUT2D eigenvalue weighted by Crippen LogP contribution is -2.45. The van der Waals surface area contributed by atoms with Crippen molar-refractivity contribution < 1.29 is 14.3 Å². The van der Waals surface area contributed by atoms with Crippen LogP contribution in [0.5, 0.6) is 0 Å². The van der Waals surface area contributed by atoms with Gasteiger partial charge in [0.1, 0.15) is 5.82 Å². The molecule has 1 aromatic carbocycles. The van der Waals surface area contributed by atoms with E-state index in [4.69, 9.17) is 5.11 Å². The summed E-state index contributed by atoms with van der Waals surface area (Å²) in [6.45, 7) is 5.67. The molecule has 0 saturated carbocycles. The highest BCUT2D eigenvalue weighted by Crippen LogP contribution is 2.28. The van der Waals surface area contributed by atoms with Crippen LogP contribution in [0.1, 0.15) is 18.5 Å². The maximum atomic E-state index is 13.8. The molecule has 2 N–H and O–H groups in total. The van der Waals surface area contributed by atoms with Crippen molar-refractivity contribution in [2.45, 2.75) is 13.0 Å². The third kappa shape index (κ3) is 4.58. The molecule has 0 spiro atoms. The predicted octanol–water partition coefficient (Wildman–Crippen LogP) is 1.27. The van der Waals surface area contributed by atoms with Gasteiger partial charge in [-0.3, -0.25) is 0 Å². The van der Waals surface area contributed by atoms with Crippen molar-refractivity contribution in [2.75, 3.05) is 58.3 Å². The lowest BCUT2D eigenvalue weighted by Gasteiger charge is -2.36. The average Bonchev–Trinajstić information content (AvgIpc) is 2.56. The van der Waals surface area contributed by atoms with Crippen LogP contribution in [0.2, 0.25) is 0 Å². The molecular formula is C17H27FN4O2. The van der Waals surface area contributed by atoms with Gasteiger partial charge in [-0.2, -0.15) is 0 Å². The van der Waals surface area contributed by atoms with Gasteiger partial charge in [0.25, 0.3) is 0 Å². The van der Waals surface area contributed by atoms with E-state index in [0.717, 1.165) is 37.4 Å². The first-order chi connectivity index (χ1) is 11.4. The minimum Gasteiger partial charge on any atom is -0.395 e. The standard InChI is InChI=1S/C17H27FN4O2/c1-13(19-17(24)21(3)10-11-23)15-12-14(18)4-5-16(15)22-8-6-20(2)7-9-22/h4-5,12-13,23H,6-11H2,1-3H3,(H,19,24). The molecular weight excluding hydrogens is 311 g/mol. The predicted molar refractivity (Wildman–Crippen MR) is 92.8 cm³/mol. The number of benzene rings is 1. The number of carbonyl (C=O) groups is 1. The van der Waals surface area contributed by atoms with E-state index in [2.05, 4.69) is 22.2 Å². The average molecular weight is 338 g/mol. The third-order valence-corrected chi connectivity index (χ3v) is 4.42. The lowest BCUT2D eigenvalue weighted by molar-refractivity contribution is 0.188. The quantitative estimate of drug-likeness (QED) is 0.849. The van der Waals surface area contributed by atoms with Gasteiger partial charge in [0.15, 0.2) is 0 Å². The number of halogens is 1. The van der Waals surface area contributed by atoms with E-state index in [1.807, 2.05) is 6.92 Å². The summed E-state index contributed by atoms with van der Waals surface area (Å²) in [4.78, 5) is 18.0.